The summed E-state index contributed by atoms with van der Waals surface area (Å²) in [5.41, 5.74) is 14.0. The van der Waals surface area contributed by atoms with Crippen LogP contribution >= 0.6 is 0 Å². The van der Waals surface area contributed by atoms with E-state index in [1.807, 2.05) is 0 Å². The molecule has 0 spiro atoms. The second-order valence-electron chi connectivity index (χ2n) is 32.8. The van der Waals surface area contributed by atoms with Crippen LogP contribution in [0, 0.1) is 35.0 Å². The molecule has 1 saturated carbocycles. The van der Waals surface area contributed by atoms with Crippen LogP contribution in [0.1, 0.15) is 307 Å². The van der Waals surface area contributed by atoms with E-state index in [4.69, 9.17) is 0 Å². The zero-order valence-corrected chi connectivity index (χ0v) is 66.2. The third kappa shape index (κ3) is 24.8. The van der Waals surface area contributed by atoms with Gasteiger partial charge in [0.25, 0.3) is 0 Å². The summed E-state index contributed by atoms with van der Waals surface area (Å²) in [4.78, 5) is 13.6. The largest absolute Gasteiger partial charge is 0.302 e. The van der Waals surface area contributed by atoms with Crippen molar-refractivity contribution in [2.75, 3.05) is 66.0 Å². The minimum absolute atomic E-state index is 0.205. The quantitative estimate of drug-likeness (QED) is 0.0360. The number of hydrogen-bond donors (Lipinski definition) is 0. The first-order valence-electron chi connectivity index (χ1n) is 40.9. The zero-order chi connectivity index (χ0) is 70.2. The van der Waals surface area contributed by atoms with Crippen LogP contribution in [0.15, 0.2) is 121 Å². The number of benzene rings is 5. The Morgan fingerprint density at radius 3 is 1.40 bits per heavy atom. The van der Waals surface area contributed by atoms with Crippen molar-refractivity contribution >= 4 is 0 Å². The molecule has 0 saturated heterocycles. The van der Waals surface area contributed by atoms with Gasteiger partial charge in [-0.3, -0.25) is 19.6 Å². The summed E-state index contributed by atoms with van der Waals surface area (Å²) in [6.07, 6.45) is 26.7. The molecule has 1 fully saturated rings. The van der Waals surface area contributed by atoms with Crippen LogP contribution < -0.4 is 0 Å². The lowest BCUT2D eigenvalue weighted by atomic mass is 9.39. The normalized spacial score (nSPS) is 15.6. The first-order valence-corrected chi connectivity index (χ1v) is 40.9. The van der Waals surface area contributed by atoms with Crippen LogP contribution in [0.4, 0.5) is 0 Å². The molecule has 0 amide bonds. The van der Waals surface area contributed by atoms with Crippen molar-refractivity contribution in [2.24, 2.45) is 35.0 Å². The van der Waals surface area contributed by atoms with Gasteiger partial charge in [-0.15, -0.1) is 0 Å². The third-order valence-electron chi connectivity index (χ3n) is 23.2. The Morgan fingerprint density at radius 2 is 0.856 bits per heavy atom. The Labute approximate surface area is 600 Å². The van der Waals surface area contributed by atoms with Gasteiger partial charge in [-0.25, -0.2) is 0 Å². The first kappa shape index (κ1) is 81.9. The van der Waals surface area contributed by atoms with E-state index in [-0.39, 0.29) is 16.7 Å². The molecule has 97 heavy (non-hydrogen) atoms. The summed E-state index contributed by atoms with van der Waals surface area (Å²) in [5, 5.41) is 0. The average Bonchev–Trinajstić information content (AvgIpc) is 1.60. The maximum absolute atomic E-state index is 2.96. The van der Waals surface area contributed by atoms with E-state index in [0.717, 1.165) is 149 Å². The van der Waals surface area contributed by atoms with Crippen LogP contribution in [0.25, 0.3) is 0 Å². The van der Waals surface area contributed by atoms with Gasteiger partial charge < -0.3 is 4.90 Å². The van der Waals surface area contributed by atoms with Crippen molar-refractivity contribution in [3.05, 3.63) is 177 Å². The molecule has 5 nitrogen and oxygen atoms in total. The fourth-order valence-corrected chi connectivity index (χ4v) is 17.2. The van der Waals surface area contributed by atoms with Gasteiger partial charge in [0.1, 0.15) is 0 Å². The number of rotatable bonds is 52. The monoisotopic (exact) mass is 1320 g/mol. The summed E-state index contributed by atoms with van der Waals surface area (Å²) in [6, 6.07) is 51.8. The van der Waals surface area contributed by atoms with Crippen molar-refractivity contribution in [3.63, 3.8) is 0 Å². The SMILES string of the molecule is CCCCCCN(C)Cc1cccc(CC(C)CCC(c2cccc(CN(CCCC)CCCC)c2)C(CCC(C)C)(c2cccc(CN(CCC)CC3CC3)c2)C(C)(CCC(C)C)C(CCC(C)C)(c2cccc(CN(CC)CC)c2)c2cccc(CN(CC)CCCC)c2)c1. The van der Waals surface area contributed by atoms with E-state index in [1.165, 1.54) is 129 Å². The summed E-state index contributed by atoms with van der Waals surface area (Å²) >= 11 is 0. The Bertz CT molecular complexity index is 2910. The lowest BCUT2D eigenvalue weighted by molar-refractivity contribution is -0.00646. The number of unbranched alkanes of at least 4 members (excludes halogenated alkanes) is 6. The zero-order valence-electron chi connectivity index (χ0n) is 66.2. The smallest absolute Gasteiger partial charge is 0.0265 e. The van der Waals surface area contributed by atoms with Crippen molar-refractivity contribution < 1.29 is 0 Å². The Morgan fingerprint density at radius 1 is 0.392 bits per heavy atom. The fraction of sp³-hybridized carbons (Fsp3) is 0.674. The molecule has 0 aromatic heterocycles. The molecule has 5 aromatic carbocycles. The highest BCUT2D eigenvalue weighted by atomic mass is 15.1. The molecule has 1 aliphatic carbocycles. The van der Waals surface area contributed by atoms with E-state index in [0.29, 0.717) is 23.7 Å². The minimum atomic E-state index is -0.405. The lowest BCUT2D eigenvalue weighted by Gasteiger charge is -2.64. The molecule has 5 aromatic rings. The van der Waals surface area contributed by atoms with E-state index in [1.54, 1.807) is 16.7 Å². The Hall–Kier alpha value is -4.10. The van der Waals surface area contributed by atoms with Gasteiger partial charge in [0, 0.05) is 50.1 Å². The highest BCUT2D eigenvalue weighted by Crippen LogP contribution is 2.68. The van der Waals surface area contributed by atoms with Gasteiger partial charge in [-0.1, -0.05) is 283 Å². The summed E-state index contributed by atoms with van der Waals surface area (Å²) in [6.45, 7) is 54.8. The van der Waals surface area contributed by atoms with Crippen molar-refractivity contribution in [1.29, 1.82) is 0 Å². The molecule has 542 valence electrons. The van der Waals surface area contributed by atoms with Crippen LogP contribution in [-0.2, 0) is 50.0 Å². The maximum Gasteiger partial charge on any atom is 0.0265 e. The molecule has 0 N–H and O–H groups in total. The van der Waals surface area contributed by atoms with Crippen LogP contribution in [0.3, 0.4) is 0 Å². The first-order chi connectivity index (χ1) is 46.8. The minimum Gasteiger partial charge on any atom is -0.302 e. The van der Waals surface area contributed by atoms with Gasteiger partial charge in [0.05, 0.1) is 0 Å². The highest BCUT2D eigenvalue weighted by Gasteiger charge is 2.63. The lowest BCUT2D eigenvalue weighted by Crippen LogP contribution is -2.60. The molecule has 5 heteroatoms. The molecule has 6 rings (SSSR count). The van der Waals surface area contributed by atoms with Gasteiger partial charge >= 0.3 is 0 Å². The predicted octanol–water partition coefficient (Wildman–Crippen LogP) is 24.2. The third-order valence-corrected chi connectivity index (χ3v) is 23.2. The van der Waals surface area contributed by atoms with Crippen LogP contribution in [0.5, 0.6) is 0 Å². The van der Waals surface area contributed by atoms with Crippen LogP contribution in [0.2, 0.25) is 0 Å². The molecule has 1 aliphatic rings. The molecular formula is C92H149N5. The maximum atomic E-state index is 2.96. The Kier molecular flexibility index (Phi) is 36.3. The second kappa shape index (κ2) is 43.0. The Balaban J connectivity index is 1.81. The summed E-state index contributed by atoms with van der Waals surface area (Å²) in [5.74, 6) is 3.09. The topological polar surface area (TPSA) is 16.2 Å². The fourth-order valence-electron chi connectivity index (χ4n) is 17.2. The molecule has 5 unspecified atom stereocenters. The van der Waals surface area contributed by atoms with Crippen molar-refractivity contribution in [2.45, 2.75) is 302 Å². The highest BCUT2D eigenvalue weighted by molar-refractivity contribution is 5.51. The number of nitrogens with zero attached hydrogens (tertiary/aromatic N) is 5. The van der Waals surface area contributed by atoms with Crippen LogP contribution in [-0.4, -0.2) is 90.5 Å². The van der Waals surface area contributed by atoms with Crippen molar-refractivity contribution in [3.8, 4) is 0 Å². The molecule has 5 atom stereocenters. The standard InChI is InChI=1S/C92H149N5/c1-18-26-30-31-58-93(17)68-80-38-32-37-79(63-80)62-77(15)47-50-89(85-43-33-39-81(64-85)72-96(60-28-20-3)61-29-21-4)92(56-53-76(13)14,88-46-36-42-84(67-88)73-97(57-22-5)69-78-48-49-78)90(16,54-51-74(9)10)91(55-52-75(11)12,86-44-34-40-82(65-86)70-94(23-6)24-7)87-45-35-41-83(66-87)71-95(25-8)59-27-19-2/h32-46,63-67,74-78,89H,18-31,47-62,68-73H2,1-17H3. The van der Waals surface area contributed by atoms with E-state index >= 15 is 0 Å². The molecule has 0 heterocycles. The molecule has 0 aliphatic heterocycles. The average molecular weight is 1330 g/mol. The van der Waals surface area contributed by atoms with Gasteiger partial charge in [-0.2, -0.15) is 0 Å². The predicted molar refractivity (Wildman–Crippen MR) is 426 cm³/mol. The van der Waals surface area contributed by atoms with Gasteiger partial charge in [0.2, 0.25) is 0 Å². The summed E-state index contributed by atoms with van der Waals surface area (Å²) < 4.78 is 0. The van der Waals surface area contributed by atoms with Gasteiger partial charge in [-0.05, 0) is 246 Å². The number of hydrogen-bond acceptors (Lipinski definition) is 5. The second-order valence-corrected chi connectivity index (χ2v) is 32.8. The van der Waals surface area contributed by atoms with E-state index in [2.05, 4.69) is 264 Å². The summed E-state index contributed by atoms with van der Waals surface area (Å²) in [7, 11) is 2.33. The van der Waals surface area contributed by atoms with Crippen molar-refractivity contribution in [1.82, 2.24) is 24.5 Å². The molecule has 0 bridgehead atoms. The van der Waals surface area contributed by atoms with E-state index < -0.39 is 5.41 Å². The molecule has 0 radical (unpaired) electrons. The van der Waals surface area contributed by atoms with E-state index in [9.17, 15) is 0 Å². The van der Waals surface area contributed by atoms with Gasteiger partial charge in [0.15, 0.2) is 0 Å². The molecular weight excluding hydrogens is 1180 g/mol.